The van der Waals surface area contributed by atoms with E-state index in [0.717, 1.165) is 0 Å². The van der Waals surface area contributed by atoms with Gasteiger partial charge in [0.05, 0.1) is 12.8 Å². The zero-order valence-corrected chi connectivity index (χ0v) is 12.2. The zero-order chi connectivity index (χ0) is 15.2. The van der Waals surface area contributed by atoms with E-state index in [1.807, 2.05) is 24.3 Å². The summed E-state index contributed by atoms with van der Waals surface area (Å²) in [6.07, 6.45) is 0.628. The van der Waals surface area contributed by atoms with Crippen molar-refractivity contribution in [3.8, 4) is 0 Å². The molecule has 0 aliphatic heterocycles. The molecule has 2 amide bonds. The van der Waals surface area contributed by atoms with Gasteiger partial charge in [0.1, 0.15) is 11.9 Å². The molecule has 0 aliphatic carbocycles. The quantitative estimate of drug-likeness (QED) is 0.790. The SMILES string of the molecule is CC(C)c1ccc(NC(=O)NCC(O)c2ccco2)cc1. The van der Waals surface area contributed by atoms with Gasteiger partial charge in [0.2, 0.25) is 0 Å². The Bertz CT molecular complexity index is 562. The number of benzene rings is 1. The Hall–Kier alpha value is -2.27. The van der Waals surface area contributed by atoms with Crippen LogP contribution in [0.3, 0.4) is 0 Å². The van der Waals surface area contributed by atoms with Crippen LogP contribution in [-0.2, 0) is 0 Å². The van der Waals surface area contributed by atoms with Gasteiger partial charge in [-0.15, -0.1) is 0 Å². The Morgan fingerprint density at radius 3 is 2.52 bits per heavy atom. The minimum atomic E-state index is -0.853. The first-order valence-corrected chi connectivity index (χ1v) is 6.92. The van der Waals surface area contributed by atoms with E-state index in [2.05, 4.69) is 24.5 Å². The molecule has 0 aliphatic rings. The minimum absolute atomic E-state index is 0.0867. The van der Waals surface area contributed by atoms with Crippen LogP contribution in [0.1, 0.15) is 37.2 Å². The summed E-state index contributed by atoms with van der Waals surface area (Å²) in [4.78, 5) is 11.7. The van der Waals surface area contributed by atoms with Crippen molar-refractivity contribution in [3.63, 3.8) is 0 Å². The first kappa shape index (κ1) is 15.1. The van der Waals surface area contributed by atoms with Gasteiger partial charge in [0.25, 0.3) is 0 Å². The van der Waals surface area contributed by atoms with Crippen molar-refractivity contribution in [2.24, 2.45) is 0 Å². The topological polar surface area (TPSA) is 74.5 Å². The maximum atomic E-state index is 11.7. The number of hydrogen-bond donors (Lipinski definition) is 3. The number of aliphatic hydroxyl groups excluding tert-OH is 1. The molecule has 0 spiro atoms. The van der Waals surface area contributed by atoms with Gasteiger partial charge in [-0.25, -0.2) is 4.79 Å². The van der Waals surface area contributed by atoms with Crippen molar-refractivity contribution in [2.45, 2.75) is 25.9 Å². The fourth-order valence-corrected chi connectivity index (χ4v) is 1.90. The molecule has 5 heteroatoms. The van der Waals surface area contributed by atoms with Crippen LogP contribution >= 0.6 is 0 Å². The normalized spacial score (nSPS) is 12.2. The first-order valence-electron chi connectivity index (χ1n) is 6.92. The molecule has 21 heavy (non-hydrogen) atoms. The second-order valence-corrected chi connectivity index (χ2v) is 5.14. The number of furan rings is 1. The van der Waals surface area contributed by atoms with Crippen LogP contribution in [0.4, 0.5) is 10.5 Å². The smallest absolute Gasteiger partial charge is 0.319 e. The molecule has 1 unspecified atom stereocenters. The number of rotatable bonds is 5. The molecule has 5 nitrogen and oxygen atoms in total. The maximum Gasteiger partial charge on any atom is 0.319 e. The van der Waals surface area contributed by atoms with Crippen LogP contribution in [0.5, 0.6) is 0 Å². The van der Waals surface area contributed by atoms with E-state index in [4.69, 9.17) is 4.42 Å². The predicted molar refractivity (Wildman–Crippen MR) is 81.2 cm³/mol. The van der Waals surface area contributed by atoms with E-state index in [1.54, 1.807) is 12.1 Å². The molecule has 112 valence electrons. The van der Waals surface area contributed by atoms with Crippen LogP contribution in [0, 0.1) is 0 Å². The Morgan fingerprint density at radius 2 is 1.95 bits per heavy atom. The van der Waals surface area contributed by atoms with Crippen molar-refractivity contribution < 1.29 is 14.3 Å². The third kappa shape index (κ3) is 4.36. The Labute approximate surface area is 124 Å². The van der Waals surface area contributed by atoms with Crippen molar-refractivity contribution in [1.82, 2.24) is 5.32 Å². The van der Waals surface area contributed by atoms with Gasteiger partial charge < -0.3 is 20.2 Å². The molecule has 0 saturated carbocycles. The fourth-order valence-electron chi connectivity index (χ4n) is 1.90. The lowest BCUT2D eigenvalue weighted by molar-refractivity contribution is 0.149. The van der Waals surface area contributed by atoms with Crippen LogP contribution in [0.2, 0.25) is 0 Å². The highest BCUT2D eigenvalue weighted by molar-refractivity contribution is 5.89. The van der Waals surface area contributed by atoms with Crippen LogP contribution < -0.4 is 10.6 Å². The average molecular weight is 288 g/mol. The van der Waals surface area contributed by atoms with Gasteiger partial charge in [0.15, 0.2) is 0 Å². The molecule has 1 atom stereocenters. The highest BCUT2D eigenvalue weighted by Gasteiger charge is 2.11. The second kappa shape index (κ2) is 6.95. The van der Waals surface area contributed by atoms with Crippen molar-refractivity contribution in [1.29, 1.82) is 0 Å². The highest BCUT2D eigenvalue weighted by Crippen LogP contribution is 2.17. The molecule has 1 heterocycles. The summed E-state index contributed by atoms with van der Waals surface area (Å²) >= 11 is 0. The van der Waals surface area contributed by atoms with E-state index in [9.17, 15) is 9.90 Å². The largest absolute Gasteiger partial charge is 0.467 e. The molecule has 3 N–H and O–H groups in total. The highest BCUT2D eigenvalue weighted by atomic mass is 16.4. The average Bonchev–Trinajstić information content (AvgIpc) is 2.99. The summed E-state index contributed by atoms with van der Waals surface area (Å²) in [7, 11) is 0. The summed E-state index contributed by atoms with van der Waals surface area (Å²) in [5.74, 6) is 0.882. The van der Waals surface area contributed by atoms with E-state index in [1.165, 1.54) is 11.8 Å². The number of urea groups is 1. The fraction of sp³-hybridized carbons (Fsp3) is 0.312. The Kier molecular flexibility index (Phi) is 5.00. The lowest BCUT2D eigenvalue weighted by atomic mass is 10.0. The number of carbonyl (C=O) groups excluding carboxylic acids is 1. The summed E-state index contributed by atoms with van der Waals surface area (Å²) in [5, 5.41) is 15.1. The molecule has 1 aromatic carbocycles. The summed E-state index contributed by atoms with van der Waals surface area (Å²) < 4.78 is 5.06. The van der Waals surface area contributed by atoms with Gasteiger partial charge in [-0.1, -0.05) is 26.0 Å². The van der Waals surface area contributed by atoms with E-state index >= 15 is 0 Å². The molecule has 0 bridgehead atoms. The second-order valence-electron chi connectivity index (χ2n) is 5.14. The first-order chi connectivity index (χ1) is 10.1. The zero-order valence-electron chi connectivity index (χ0n) is 12.2. The molecule has 2 aromatic rings. The molecule has 0 fully saturated rings. The van der Waals surface area contributed by atoms with Crippen LogP contribution in [0.15, 0.2) is 47.1 Å². The van der Waals surface area contributed by atoms with Crippen molar-refractivity contribution in [2.75, 3.05) is 11.9 Å². The lowest BCUT2D eigenvalue weighted by Crippen LogP contribution is -2.32. The summed E-state index contributed by atoms with van der Waals surface area (Å²) in [6.45, 7) is 4.32. The van der Waals surface area contributed by atoms with Gasteiger partial charge in [0, 0.05) is 5.69 Å². The molecule has 1 aromatic heterocycles. The van der Waals surface area contributed by atoms with Crippen LogP contribution in [-0.4, -0.2) is 17.7 Å². The monoisotopic (exact) mass is 288 g/mol. The van der Waals surface area contributed by atoms with Gasteiger partial charge >= 0.3 is 6.03 Å². The van der Waals surface area contributed by atoms with Gasteiger partial charge in [-0.2, -0.15) is 0 Å². The maximum absolute atomic E-state index is 11.7. The van der Waals surface area contributed by atoms with E-state index in [0.29, 0.717) is 17.4 Å². The van der Waals surface area contributed by atoms with Gasteiger partial charge in [-0.05, 0) is 35.7 Å². The minimum Gasteiger partial charge on any atom is -0.467 e. The third-order valence-corrected chi connectivity index (χ3v) is 3.16. The predicted octanol–water partition coefficient (Wildman–Crippen LogP) is 3.26. The molecule has 2 rings (SSSR count). The number of aliphatic hydroxyl groups is 1. The number of amides is 2. The van der Waals surface area contributed by atoms with E-state index in [-0.39, 0.29) is 12.6 Å². The Morgan fingerprint density at radius 1 is 1.24 bits per heavy atom. The molecule has 0 saturated heterocycles. The van der Waals surface area contributed by atoms with Gasteiger partial charge in [-0.3, -0.25) is 0 Å². The third-order valence-electron chi connectivity index (χ3n) is 3.16. The number of hydrogen-bond acceptors (Lipinski definition) is 3. The number of anilines is 1. The number of nitrogens with one attached hydrogen (secondary N) is 2. The molecule has 0 radical (unpaired) electrons. The van der Waals surface area contributed by atoms with Crippen molar-refractivity contribution >= 4 is 11.7 Å². The Balaban J connectivity index is 1.81. The summed E-state index contributed by atoms with van der Waals surface area (Å²) in [5.41, 5.74) is 1.93. The summed E-state index contributed by atoms with van der Waals surface area (Å²) in [6, 6.07) is 10.7. The van der Waals surface area contributed by atoms with Crippen molar-refractivity contribution in [3.05, 3.63) is 54.0 Å². The molecular weight excluding hydrogens is 268 g/mol. The van der Waals surface area contributed by atoms with Crippen LogP contribution in [0.25, 0.3) is 0 Å². The lowest BCUT2D eigenvalue weighted by Gasteiger charge is -2.11. The number of carbonyl (C=O) groups is 1. The standard InChI is InChI=1S/C16H20N2O3/c1-11(2)12-5-7-13(8-6-12)18-16(20)17-10-14(19)15-4-3-9-21-15/h3-9,11,14,19H,10H2,1-2H3,(H2,17,18,20). The van der Waals surface area contributed by atoms with E-state index < -0.39 is 6.10 Å². The molecular formula is C16H20N2O3.